The van der Waals surface area contributed by atoms with Crippen molar-refractivity contribution in [1.29, 1.82) is 0 Å². The molecular formula is C25H35N3O10. The predicted molar refractivity (Wildman–Crippen MR) is 133 cm³/mol. The van der Waals surface area contributed by atoms with Crippen molar-refractivity contribution in [2.24, 2.45) is 0 Å². The minimum absolute atomic E-state index is 0.0170. The number of rotatable bonds is 17. The SMILES string of the molecule is O=C(O)CN(CC(=O)O)[C@H](Cc1ccccc1)CN(CC(=O)O)[C@H]1CCCC[C@@H]1N(CC(=O)O)CC(=O)O. The van der Waals surface area contributed by atoms with Crippen molar-refractivity contribution in [3.05, 3.63) is 35.9 Å². The molecule has 0 amide bonds. The highest BCUT2D eigenvalue weighted by molar-refractivity contribution is 5.73. The summed E-state index contributed by atoms with van der Waals surface area (Å²) in [6.07, 6.45) is 2.59. The first-order chi connectivity index (χ1) is 18.0. The molecule has 0 saturated heterocycles. The van der Waals surface area contributed by atoms with E-state index in [-0.39, 0.29) is 13.0 Å². The van der Waals surface area contributed by atoms with Crippen LogP contribution in [-0.4, -0.2) is 127 Å². The molecule has 0 unspecified atom stereocenters. The Morgan fingerprint density at radius 3 is 1.53 bits per heavy atom. The Morgan fingerprint density at radius 2 is 1.08 bits per heavy atom. The van der Waals surface area contributed by atoms with E-state index in [4.69, 9.17) is 0 Å². The first kappa shape index (κ1) is 30.7. The van der Waals surface area contributed by atoms with Crippen molar-refractivity contribution in [2.75, 3.05) is 39.3 Å². The Bertz CT molecular complexity index is 941. The van der Waals surface area contributed by atoms with Crippen LogP contribution in [0.1, 0.15) is 31.2 Å². The second-order valence-corrected chi connectivity index (χ2v) is 9.47. The van der Waals surface area contributed by atoms with Gasteiger partial charge in [-0.2, -0.15) is 0 Å². The Hall–Kier alpha value is -3.55. The first-order valence-corrected chi connectivity index (χ1v) is 12.3. The van der Waals surface area contributed by atoms with E-state index in [0.717, 1.165) is 5.56 Å². The number of nitrogens with zero attached hydrogens (tertiary/aromatic N) is 3. The number of carboxylic acid groups (broad SMARTS) is 5. The molecule has 2 rings (SSSR count). The van der Waals surface area contributed by atoms with Crippen molar-refractivity contribution < 1.29 is 49.5 Å². The van der Waals surface area contributed by atoms with Gasteiger partial charge in [-0.3, -0.25) is 38.7 Å². The smallest absolute Gasteiger partial charge is 0.317 e. The number of carboxylic acids is 5. The van der Waals surface area contributed by atoms with Crippen molar-refractivity contribution in [3.8, 4) is 0 Å². The molecule has 0 heterocycles. The number of hydrogen-bond donors (Lipinski definition) is 5. The summed E-state index contributed by atoms with van der Waals surface area (Å²) in [5.41, 5.74) is 0.798. The molecule has 0 bridgehead atoms. The van der Waals surface area contributed by atoms with Crippen LogP contribution in [0.5, 0.6) is 0 Å². The van der Waals surface area contributed by atoms with Crippen LogP contribution in [0.15, 0.2) is 30.3 Å². The molecule has 1 aliphatic carbocycles. The summed E-state index contributed by atoms with van der Waals surface area (Å²) in [5.74, 6) is -6.07. The van der Waals surface area contributed by atoms with Crippen molar-refractivity contribution in [3.63, 3.8) is 0 Å². The largest absolute Gasteiger partial charge is 0.480 e. The molecule has 1 saturated carbocycles. The van der Waals surface area contributed by atoms with E-state index in [1.54, 1.807) is 35.2 Å². The highest BCUT2D eigenvalue weighted by Gasteiger charge is 2.38. The maximum absolute atomic E-state index is 11.9. The van der Waals surface area contributed by atoms with Crippen LogP contribution >= 0.6 is 0 Å². The molecule has 38 heavy (non-hydrogen) atoms. The predicted octanol–water partition coefficient (Wildman–Crippen LogP) is 0.238. The molecule has 5 N–H and O–H groups in total. The summed E-state index contributed by atoms with van der Waals surface area (Å²) in [6.45, 7) is -2.71. The lowest BCUT2D eigenvalue weighted by Crippen LogP contribution is -2.59. The molecule has 1 aromatic carbocycles. The molecule has 0 aromatic heterocycles. The van der Waals surface area contributed by atoms with E-state index >= 15 is 0 Å². The fourth-order valence-corrected chi connectivity index (χ4v) is 5.20. The molecule has 0 aliphatic heterocycles. The lowest BCUT2D eigenvalue weighted by atomic mass is 9.87. The van der Waals surface area contributed by atoms with E-state index in [9.17, 15) is 49.5 Å². The van der Waals surface area contributed by atoms with E-state index in [1.807, 2.05) is 0 Å². The van der Waals surface area contributed by atoms with Crippen LogP contribution in [0.25, 0.3) is 0 Å². The summed E-state index contributed by atoms with van der Waals surface area (Å²) >= 11 is 0. The molecule has 0 radical (unpaired) electrons. The van der Waals surface area contributed by atoms with Gasteiger partial charge in [0.25, 0.3) is 0 Å². The molecule has 210 valence electrons. The van der Waals surface area contributed by atoms with E-state index in [2.05, 4.69) is 0 Å². The third-order valence-corrected chi connectivity index (χ3v) is 6.60. The first-order valence-electron chi connectivity index (χ1n) is 12.3. The Labute approximate surface area is 219 Å². The van der Waals surface area contributed by atoms with Gasteiger partial charge in [0.15, 0.2) is 0 Å². The van der Waals surface area contributed by atoms with Crippen LogP contribution in [0.4, 0.5) is 0 Å². The van der Waals surface area contributed by atoms with Gasteiger partial charge in [-0.15, -0.1) is 0 Å². The Balaban J connectivity index is 2.47. The van der Waals surface area contributed by atoms with Gasteiger partial charge >= 0.3 is 29.8 Å². The lowest BCUT2D eigenvalue weighted by molar-refractivity contribution is -0.146. The average molecular weight is 538 g/mol. The number of aliphatic carboxylic acids is 5. The number of benzene rings is 1. The zero-order valence-electron chi connectivity index (χ0n) is 21.0. The Morgan fingerprint density at radius 1 is 0.658 bits per heavy atom. The zero-order chi connectivity index (χ0) is 28.2. The summed E-state index contributed by atoms with van der Waals surface area (Å²) in [5, 5.41) is 47.4. The minimum atomic E-state index is -1.24. The van der Waals surface area contributed by atoms with Crippen LogP contribution in [0.2, 0.25) is 0 Å². The van der Waals surface area contributed by atoms with Crippen molar-refractivity contribution in [2.45, 2.75) is 50.2 Å². The standard InChI is InChI=1S/C25H35N3O10/c29-21(30)12-26(13-22(31)32)18(10-17-6-2-1-3-7-17)11-27(14-23(33)34)19-8-4-5-9-20(19)28(15-24(35)36)16-25(37)38/h1-3,6-7,18-20H,4-5,8-16H2,(H,29,30)(H,31,32)(H,33,34)(H,35,36)(H,37,38)/t18-,19+,20+/m1/s1. The van der Waals surface area contributed by atoms with Crippen LogP contribution in [0, 0.1) is 0 Å². The quantitative estimate of drug-likeness (QED) is 0.181. The maximum atomic E-state index is 11.9. The van der Waals surface area contributed by atoms with Gasteiger partial charge in [0.05, 0.1) is 32.7 Å². The third kappa shape index (κ3) is 10.4. The highest BCUT2D eigenvalue weighted by Crippen LogP contribution is 2.28. The topological polar surface area (TPSA) is 196 Å². The van der Waals surface area contributed by atoms with Gasteiger partial charge in [0, 0.05) is 24.7 Å². The normalized spacial score (nSPS) is 18.4. The van der Waals surface area contributed by atoms with Crippen LogP contribution < -0.4 is 0 Å². The molecular weight excluding hydrogens is 502 g/mol. The molecule has 13 heteroatoms. The lowest BCUT2D eigenvalue weighted by Gasteiger charge is -2.45. The fraction of sp³-hybridized carbons (Fsp3) is 0.560. The summed E-state index contributed by atoms with van der Waals surface area (Å²) in [6, 6.07) is 7.17. The van der Waals surface area contributed by atoms with Crippen molar-refractivity contribution in [1.82, 2.24) is 14.7 Å². The van der Waals surface area contributed by atoms with Gasteiger partial charge in [-0.1, -0.05) is 43.2 Å². The van der Waals surface area contributed by atoms with Crippen LogP contribution in [0.3, 0.4) is 0 Å². The van der Waals surface area contributed by atoms with E-state index in [0.29, 0.717) is 25.7 Å². The number of carbonyl (C=O) groups is 5. The maximum Gasteiger partial charge on any atom is 0.317 e. The van der Waals surface area contributed by atoms with Gasteiger partial charge in [-0.25, -0.2) is 0 Å². The van der Waals surface area contributed by atoms with Gasteiger partial charge in [0.2, 0.25) is 0 Å². The second kappa shape index (κ2) is 15.0. The fourth-order valence-electron chi connectivity index (χ4n) is 5.20. The molecule has 1 aliphatic rings. The van der Waals surface area contributed by atoms with Gasteiger partial charge in [0.1, 0.15) is 0 Å². The molecule has 1 fully saturated rings. The summed E-state index contributed by atoms with van der Waals surface area (Å²) in [7, 11) is 0. The van der Waals surface area contributed by atoms with Crippen LogP contribution in [-0.2, 0) is 30.4 Å². The van der Waals surface area contributed by atoms with E-state index < -0.39 is 80.7 Å². The second-order valence-electron chi connectivity index (χ2n) is 9.47. The average Bonchev–Trinajstić information content (AvgIpc) is 2.81. The molecule has 1 aromatic rings. The van der Waals surface area contributed by atoms with E-state index in [1.165, 1.54) is 9.80 Å². The Kier molecular flexibility index (Phi) is 12.1. The zero-order valence-corrected chi connectivity index (χ0v) is 21.0. The number of hydrogen-bond acceptors (Lipinski definition) is 8. The molecule has 13 nitrogen and oxygen atoms in total. The molecule has 3 atom stereocenters. The van der Waals surface area contributed by atoms with Gasteiger partial charge in [-0.05, 0) is 24.8 Å². The third-order valence-electron chi connectivity index (χ3n) is 6.60. The minimum Gasteiger partial charge on any atom is -0.480 e. The molecule has 0 spiro atoms. The highest BCUT2D eigenvalue weighted by atomic mass is 16.4. The summed E-state index contributed by atoms with van der Waals surface area (Å²) < 4.78 is 0. The summed E-state index contributed by atoms with van der Waals surface area (Å²) in [4.78, 5) is 62.3. The van der Waals surface area contributed by atoms with Gasteiger partial charge < -0.3 is 25.5 Å². The monoisotopic (exact) mass is 537 g/mol. The van der Waals surface area contributed by atoms with Crippen molar-refractivity contribution >= 4 is 29.8 Å².